The number of rotatable bonds is 25. The summed E-state index contributed by atoms with van der Waals surface area (Å²) in [6.45, 7) is 3.91. The van der Waals surface area contributed by atoms with Crippen LogP contribution in [0.3, 0.4) is 0 Å². The van der Waals surface area contributed by atoms with Crippen LogP contribution in [0.15, 0.2) is 0 Å². The summed E-state index contributed by atoms with van der Waals surface area (Å²) >= 11 is 0. The molecule has 0 amide bonds. The molecule has 0 spiro atoms. The van der Waals surface area contributed by atoms with Gasteiger partial charge in [-0.05, 0) is 6.42 Å². The number of esters is 1. The topological polar surface area (TPSA) is 91.3 Å². The number of aliphatic carboxylic acids is 1. The first kappa shape index (κ1) is 29.8. The minimum Gasteiger partial charge on any atom is -0.480 e. The zero-order valence-corrected chi connectivity index (χ0v) is 19.7. The zero-order chi connectivity index (χ0) is 22.8. The Kier molecular flexibility index (Phi) is 24.1. The maximum absolute atomic E-state index is 11.7. The van der Waals surface area contributed by atoms with Gasteiger partial charge in [-0.15, -0.1) is 0 Å². The Labute approximate surface area is 189 Å². The smallest absolute Gasteiger partial charge is 0.329 e. The van der Waals surface area contributed by atoms with Gasteiger partial charge in [-0.1, -0.05) is 84.0 Å². The Bertz CT molecular complexity index is 401. The predicted octanol–water partition coefficient (Wildman–Crippen LogP) is 5.15. The monoisotopic (exact) mass is 446 g/mol. The Hall–Kier alpha value is -1.18. The van der Waals surface area contributed by atoms with Crippen LogP contribution in [0, 0.1) is 0 Å². The van der Waals surface area contributed by atoms with E-state index in [0.717, 1.165) is 12.8 Å². The highest BCUT2D eigenvalue weighted by atomic mass is 16.6. The van der Waals surface area contributed by atoms with Crippen LogP contribution in [0.2, 0.25) is 0 Å². The molecule has 0 aliphatic rings. The van der Waals surface area contributed by atoms with Gasteiger partial charge in [0.15, 0.2) is 0 Å². The summed E-state index contributed by atoms with van der Waals surface area (Å²) in [7, 11) is 0. The molecule has 0 radical (unpaired) electrons. The largest absolute Gasteiger partial charge is 0.480 e. The van der Waals surface area contributed by atoms with Gasteiger partial charge in [0.1, 0.15) is 13.2 Å². The van der Waals surface area contributed by atoms with E-state index in [-0.39, 0.29) is 25.8 Å². The molecule has 0 heterocycles. The zero-order valence-electron chi connectivity index (χ0n) is 19.7. The van der Waals surface area contributed by atoms with Crippen molar-refractivity contribution in [3.05, 3.63) is 0 Å². The van der Waals surface area contributed by atoms with E-state index in [2.05, 4.69) is 6.92 Å². The van der Waals surface area contributed by atoms with Crippen molar-refractivity contribution in [2.75, 3.05) is 46.2 Å². The summed E-state index contributed by atoms with van der Waals surface area (Å²) in [5.41, 5.74) is 0. The van der Waals surface area contributed by atoms with Crippen molar-refractivity contribution in [3.63, 3.8) is 0 Å². The molecule has 0 bridgehead atoms. The summed E-state index contributed by atoms with van der Waals surface area (Å²) < 4.78 is 20.5. The number of carbonyl (C=O) groups excluding carboxylic acids is 1. The van der Waals surface area contributed by atoms with Crippen LogP contribution in [0.4, 0.5) is 0 Å². The molecule has 0 aliphatic heterocycles. The van der Waals surface area contributed by atoms with E-state index in [1.165, 1.54) is 70.6 Å². The first-order valence-corrected chi connectivity index (χ1v) is 12.3. The second kappa shape index (κ2) is 25.1. The molecule has 1 N–H and O–H groups in total. The van der Waals surface area contributed by atoms with Crippen molar-refractivity contribution < 1.29 is 33.6 Å². The molecule has 0 unspecified atom stereocenters. The maximum Gasteiger partial charge on any atom is 0.329 e. The fraction of sp³-hybridized carbons (Fsp3) is 0.917. The van der Waals surface area contributed by atoms with E-state index in [4.69, 9.17) is 24.1 Å². The van der Waals surface area contributed by atoms with Crippen molar-refractivity contribution in [2.24, 2.45) is 0 Å². The first-order chi connectivity index (χ1) is 15.2. The summed E-state index contributed by atoms with van der Waals surface area (Å²) in [4.78, 5) is 21.9. The molecule has 7 nitrogen and oxygen atoms in total. The summed E-state index contributed by atoms with van der Waals surface area (Å²) in [6, 6.07) is 0. The summed E-state index contributed by atoms with van der Waals surface area (Å²) in [6.07, 6.45) is 17.3. The van der Waals surface area contributed by atoms with Crippen LogP contribution in [0.1, 0.15) is 96.8 Å². The van der Waals surface area contributed by atoms with Crippen molar-refractivity contribution >= 4 is 11.9 Å². The molecular formula is C24H46O7. The molecule has 0 aliphatic carbocycles. The van der Waals surface area contributed by atoms with Crippen molar-refractivity contribution in [2.45, 2.75) is 96.8 Å². The van der Waals surface area contributed by atoms with Crippen LogP contribution >= 0.6 is 0 Å². The number of hydrogen-bond acceptors (Lipinski definition) is 6. The van der Waals surface area contributed by atoms with Gasteiger partial charge in [0.25, 0.3) is 0 Å². The molecule has 0 rings (SSSR count). The molecule has 0 aromatic carbocycles. The van der Waals surface area contributed by atoms with Gasteiger partial charge in [0.2, 0.25) is 0 Å². The van der Waals surface area contributed by atoms with E-state index >= 15 is 0 Å². The van der Waals surface area contributed by atoms with Crippen LogP contribution in [0.5, 0.6) is 0 Å². The van der Waals surface area contributed by atoms with Crippen molar-refractivity contribution in [1.82, 2.24) is 0 Å². The van der Waals surface area contributed by atoms with E-state index in [1.54, 1.807) is 0 Å². The lowest BCUT2D eigenvalue weighted by atomic mass is 10.0. The molecule has 31 heavy (non-hydrogen) atoms. The third-order valence-electron chi connectivity index (χ3n) is 4.94. The number of carbonyl (C=O) groups is 2. The fourth-order valence-corrected chi connectivity index (χ4v) is 3.17. The van der Waals surface area contributed by atoms with Crippen LogP contribution in [-0.4, -0.2) is 63.3 Å². The molecule has 0 aromatic heterocycles. The lowest BCUT2D eigenvalue weighted by Crippen LogP contribution is -2.15. The van der Waals surface area contributed by atoms with E-state index in [1.807, 2.05) is 0 Å². The average molecular weight is 447 g/mol. The Balaban J connectivity index is 3.16. The van der Waals surface area contributed by atoms with Gasteiger partial charge in [-0.25, -0.2) is 4.79 Å². The molecule has 7 heteroatoms. The lowest BCUT2D eigenvalue weighted by molar-refractivity contribution is -0.145. The minimum absolute atomic E-state index is 0.154. The first-order valence-electron chi connectivity index (χ1n) is 12.3. The molecule has 0 fully saturated rings. The fourth-order valence-electron chi connectivity index (χ4n) is 3.17. The van der Waals surface area contributed by atoms with Gasteiger partial charge in [-0.2, -0.15) is 0 Å². The quantitative estimate of drug-likeness (QED) is 0.153. The molecule has 0 saturated carbocycles. The Morgan fingerprint density at radius 3 is 1.48 bits per heavy atom. The van der Waals surface area contributed by atoms with Gasteiger partial charge >= 0.3 is 11.9 Å². The lowest BCUT2D eigenvalue weighted by Gasteiger charge is -2.07. The van der Waals surface area contributed by atoms with E-state index in [0.29, 0.717) is 32.8 Å². The Morgan fingerprint density at radius 2 is 1.00 bits per heavy atom. The van der Waals surface area contributed by atoms with Gasteiger partial charge < -0.3 is 24.1 Å². The molecule has 0 saturated heterocycles. The normalized spacial score (nSPS) is 11.0. The standard InChI is InChI=1S/C24H46O7/c1-2-3-4-5-6-7-8-9-10-11-12-13-14-15-24(27)31-21-20-29-17-16-28-18-19-30-22-23(25)26/h2-22H2,1H3,(H,25,26). The second-order valence-electron chi connectivity index (χ2n) is 7.88. The van der Waals surface area contributed by atoms with Crippen molar-refractivity contribution in [1.29, 1.82) is 0 Å². The number of carboxylic acid groups (broad SMARTS) is 1. The maximum atomic E-state index is 11.7. The summed E-state index contributed by atoms with van der Waals surface area (Å²) in [5.74, 6) is -1.15. The SMILES string of the molecule is CCCCCCCCCCCCCCCC(=O)OCCOCCOCCOCC(=O)O. The number of ether oxygens (including phenoxy) is 4. The minimum atomic E-state index is -0.994. The molecule has 0 atom stereocenters. The number of unbranched alkanes of at least 4 members (excludes halogenated alkanes) is 12. The van der Waals surface area contributed by atoms with E-state index < -0.39 is 5.97 Å². The summed E-state index contributed by atoms with van der Waals surface area (Å²) in [5, 5.41) is 8.39. The highest BCUT2D eigenvalue weighted by molar-refractivity contribution is 5.69. The second-order valence-corrected chi connectivity index (χ2v) is 7.88. The predicted molar refractivity (Wildman–Crippen MR) is 121 cm³/mol. The van der Waals surface area contributed by atoms with Crippen LogP contribution in [0.25, 0.3) is 0 Å². The third kappa shape index (κ3) is 26.8. The van der Waals surface area contributed by atoms with Gasteiger partial charge in [-0.3, -0.25) is 4.79 Å². The van der Waals surface area contributed by atoms with Gasteiger partial charge in [0, 0.05) is 6.42 Å². The van der Waals surface area contributed by atoms with E-state index in [9.17, 15) is 9.59 Å². The molecule has 0 aromatic rings. The molecular weight excluding hydrogens is 400 g/mol. The average Bonchev–Trinajstić information content (AvgIpc) is 2.75. The van der Waals surface area contributed by atoms with Gasteiger partial charge in [0.05, 0.1) is 33.0 Å². The van der Waals surface area contributed by atoms with Crippen molar-refractivity contribution in [3.8, 4) is 0 Å². The Morgan fingerprint density at radius 1 is 0.581 bits per heavy atom. The van der Waals surface area contributed by atoms with Crippen LogP contribution in [-0.2, 0) is 28.5 Å². The highest BCUT2D eigenvalue weighted by Gasteiger charge is 2.03. The third-order valence-corrected chi connectivity index (χ3v) is 4.94. The number of hydrogen-bond donors (Lipinski definition) is 1. The molecule has 184 valence electrons. The van der Waals surface area contributed by atoms with Crippen LogP contribution < -0.4 is 0 Å². The number of carboxylic acids is 1. The highest BCUT2D eigenvalue weighted by Crippen LogP contribution is 2.13.